The standard InChI is InChI=1S/C20H12Cl2N4O2/c21-14-8-17(22)26-16-6-5-13(7-15(16)25-20(28)18(14)26)19(27)24-10-12-3-1-11(9-23)2-4-12/h1-8H,10H2,(H,24,27)(H,25,28). The van der Waals surface area contributed by atoms with Crippen molar-refractivity contribution in [3.63, 3.8) is 0 Å². The molecule has 0 saturated heterocycles. The molecule has 1 amide bonds. The number of nitrogens with zero attached hydrogens (tertiary/aromatic N) is 2. The highest BCUT2D eigenvalue weighted by Gasteiger charge is 2.14. The van der Waals surface area contributed by atoms with Gasteiger partial charge in [0.15, 0.2) is 0 Å². The van der Waals surface area contributed by atoms with Crippen LogP contribution in [0, 0.1) is 11.3 Å². The number of hydrogen-bond acceptors (Lipinski definition) is 3. The first-order valence-corrected chi connectivity index (χ1v) is 9.03. The van der Waals surface area contributed by atoms with E-state index < -0.39 is 0 Å². The van der Waals surface area contributed by atoms with E-state index in [0.717, 1.165) is 5.56 Å². The average molecular weight is 411 g/mol. The maximum atomic E-state index is 12.5. The third kappa shape index (κ3) is 3.11. The molecule has 2 aromatic heterocycles. The molecule has 28 heavy (non-hydrogen) atoms. The first kappa shape index (κ1) is 18.1. The lowest BCUT2D eigenvalue weighted by Crippen LogP contribution is -2.23. The summed E-state index contributed by atoms with van der Waals surface area (Å²) in [6, 6.07) is 15.5. The number of carbonyl (C=O) groups is 1. The van der Waals surface area contributed by atoms with Gasteiger partial charge in [-0.25, -0.2) is 0 Å². The summed E-state index contributed by atoms with van der Waals surface area (Å²) >= 11 is 12.3. The number of aromatic amines is 1. The normalized spacial score (nSPS) is 10.9. The maximum Gasteiger partial charge on any atom is 0.274 e. The highest BCUT2D eigenvalue weighted by molar-refractivity contribution is 6.37. The van der Waals surface area contributed by atoms with Gasteiger partial charge in [-0.15, -0.1) is 0 Å². The van der Waals surface area contributed by atoms with E-state index in [9.17, 15) is 9.59 Å². The summed E-state index contributed by atoms with van der Waals surface area (Å²) in [4.78, 5) is 27.6. The topological polar surface area (TPSA) is 90.2 Å². The summed E-state index contributed by atoms with van der Waals surface area (Å²) in [6.07, 6.45) is 0. The molecule has 138 valence electrons. The van der Waals surface area contributed by atoms with E-state index >= 15 is 0 Å². The van der Waals surface area contributed by atoms with Gasteiger partial charge in [0.1, 0.15) is 10.7 Å². The fraction of sp³-hybridized carbons (Fsp3) is 0.0500. The van der Waals surface area contributed by atoms with E-state index in [0.29, 0.717) is 33.9 Å². The Hall–Kier alpha value is -3.27. The van der Waals surface area contributed by atoms with Crippen molar-refractivity contribution in [3.05, 3.63) is 85.8 Å². The van der Waals surface area contributed by atoms with Gasteiger partial charge in [0, 0.05) is 12.1 Å². The van der Waals surface area contributed by atoms with E-state index in [4.69, 9.17) is 28.5 Å². The molecule has 4 rings (SSSR count). The molecule has 2 aromatic carbocycles. The molecule has 0 radical (unpaired) electrons. The SMILES string of the molecule is N#Cc1ccc(CNC(=O)c2ccc3c(c2)[nH]c(=O)c2c(Cl)cc(Cl)n23)cc1. The predicted octanol–water partition coefficient (Wildman–Crippen LogP) is 3.89. The molecule has 0 aliphatic carbocycles. The molecular formula is C20H12Cl2N4O2. The number of nitriles is 1. The molecule has 0 aliphatic heterocycles. The van der Waals surface area contributed by atoms with Gasteiger partial charge in [-0.05, 0) is 42.0 Å². The second-order valence-corrected chi connectivity index (χ2v) is 6.97. The summed E-state index contributed by atoms with van der Waals surface area (Å²) < 4.78 is 1.55. The first-order chi connectivity index (χ1) is 13.5. The summed E-state index contributed by atoms with van der Waals surface area (Å²) in [5.74, 6) is -0.288. The van der Waals surface area contributed by atoms with Crippen LogP contribution in [0.1, 0.15) is 21.5 Å². The molecular weight excluding hydrogens is 399 g/mol. The Bertz CT molecular complexity index is 1330. The van der Waals surface area contributed by atoms with Crippen molar-refractivity contribution in [2.75, 3.05) is 0 Å². The molecule has 0 bridgehead atoms. The average Bonchev–Trinajstić information content (AvgIpc) is 3.01. The second-order valence-electron chi connectivity index (χ2n) is 6.18. The van der Waals surface area contributed by atoms with E-state index in [1.807, 2.05) is 6.07 Å². The minimum atomic E-state index is -0.389. The number of H-pyrrole nitrogens is 1. The zero-order valence-corrected chi connectivity index (χ0v) is 15.8. The predicted molar refractivity (Wildman–Crippen MR) is 108 cm³/mol. The van der Waals surface area contributed by atoms with E-state index in [2.05, 4.69) is 10.3 Å². The lowest BCUT2D eigenvalue weighted by molar-refractivity contribution is 0.0951. The lowest BCUT2D eigenvalue weighted by atomic mass is 10.1. The number of aromatic nitrogens is 2. The molecule has 0 fully saturated rings. The van der Waals surface area contributed by atoms with Crippen LogP contribution in [0.25, 0.3) is 16.6 Å². The van der Waals surface area contributed by atoms with Gasteiger partial charge in [0.25, 0.3) is 11.5 Å². The first-order valence-electron chi connectivity index (χ1n) is 8.27. The van der Waals surface area contributed by atoms with Crippen LogP contribution in [0.3, 0.4) is 0 Å². The van der Waals surface area contributed by atoms with Gasteiger partial charge < -0.3 is 10.3 Å². The molecule has 4 aromatic rings. The third-order valence-electron chi connectivity index (χ3n) is 4.41. The number of nitrogens with one attached hydrogen (secondary N) is 2. The van der Waals surface area contributed by atoms with Crippen LogP contribution in [-0.2, 0) is 6.54 Å². The molecule has 0 spiro atoms. The molecule has 0 atom stereocenters. The number of hydrogen-bond donors (Lipinski definition) is 2. The van der Waals surface area contributed by atoms with Crippen molar-refractivity contribution in [3.8, 4) is 6.07 Å². The number of amides is 1. The zero-order valence-electron chi connectivity index (χ0n) is 14.3. The minimum absolute atomic E-state index is 0.261. The molecule has 2 N–H and O–H groups in total. The summed E-state index contributed by atoms with van der Waals surface area (Å²) in [5, 5.41) is 12.2. The second kappa shape index (κ2) is 7.04. The van der Waals surface area contributed by atoms with E-state index in [1.165, 1.54) is 6.07 Å². The number of halogens is 2. The smallest absolute Gasteiger partial charge is 0.274 e. The Balaban J connectivity index is 1.64. The highest BCUT2D eigenvalue weighted by Crippen LogP contribution is 2.26. The van der Waals surface area contributed by atoms with Crippen LogP contribution in [0.5, 0.6) is 0 Å². The number of benzene rings is 2. The van der Waals surface area contributed by atoms with Crippen molar-refractivity contribution in [1.82, 2.24) is 14.7 Å². The monoisotopic (exact) mass is 410 g/mol. The fourth-order valence-electron chi connectivity index (χ4n) is 3.03. The van der Waals surface area contributed by atoms with Gasteiger partial charge in [-0.2, -0.15) is 5.26 Å². The van der Waals surface area contributed by atoms with Crippen LogP contribution in [0.4, 0.5) is 0 Å². The van der Waals surface area contributed by atoms with Gasteiger partial charge >= 0.3 is 0 Å². The fourth-order valence-corrected chi connectivity index (χ4v) is 3.65. The minimum Gasteiger partial charge on any atom is -0.348 e. The molecule has 8 heteroatoms. The van der Waals surface area contributed by atoms with Crippen molar-refractivity contribution in [2.24, 2.45) is 0 Å². The summed E-state index contributed by atoms with van der Waals surface area (Å²) in [5.41, 5.74) is 2.80. The zero-order chi connectivity index (χ0) is 19.8. The molecule has 2 heterocycles. The Kier molecular flexibility index (Phi) is 4.55. The van der Waals surface area contributed by atoms with Gasteiger partial charge in [-0.1, -0.05) is 35.3 Å². The molecule has 0 aliphatic rings. The Morgan fingerprint density at radius 2 is 1.89 bits per heavy atom. The third-order valence-corrected chi connectivity index (χ3v) is 4.97. The number of rotatable bonds is 3. The molecule has 0 saturated carbocycles. The number of carbonyl (C=O) groups excluding carboxylic acids is 1. The largest absolute Gasteiger partial charge is 0.348 e. The van der Waals surface area contributed by atoms with Crippen molar-refractivity contribution >= 4 is 45.7 Å². The Morgan fingerprint density at radius 1 is 1.14 bits per heavy atom. The Labute approximate surface area is 168 Å². The van der Waals surface area contributed by atoms with Gasteiger partial charge in [-0.3, -0.25) is 14.0 Å². The number of fused-ring (bicyclic) bond motifs is 3. The quantitative estimate of drug-likeness (QED) is 0.536. The van der Waals surface area contributed by atoms with Crippen LogP contribution in [0.2, 0.25) is 10.2 Å². The van der Waals surface area contributed by atoms with Crippen molar-refractivity contribution in [2.45, 2.75) is 6.54 Å². The summed E-state index contributed by atoms with van der Waals surface area (Å²) in [7, 11) is 0. The van der Waals surface area contributed by atoms with Crippen LogP contribution < -0.4 is 10.9 Å². The van der Waals surface area contributed by atoms with Crippen molar-refractivity contribution in [1.29, 1.82) is 5.26 Å². The van der Waals surface area contributed by atoms with Gasteiger partial charge in [0.05, 0.1) is 27.7 Å². The van der Waals surface area contributed by atoms with E-state index in [-0.39, 0.29) is 22.0 Å². The van der Waals surface area contributed by atoms with E-state index in [1.54, 1.807) is 46.9 Å². The Morgan fingerprint density at radius 3 is 2.61 bits per heavy atom. The van der Waals surface area contributed by atoms with Crippen molar-refractivity contribution < 1.29 is 4.79 Å². The van der Waals surface area contributed by atoms with Crippen LogP contribution in [0.15, 0.2) is 53.3 Å². The van der Waals surface area contributed by atoms with Crippen LogP contribution >= 0.6 is 23.2 Å². The summed E-state index contributed by atoms with van der Waals surface area (Å²) in [6.45, 7) is 0.317. The highest BCUT2D eigenvalue weighted by atomic mass is 35.5. The lowest BCUT2D eigenvalue weighted by Gasteiger charge is -2.08. The molecule has 0 unspecified atom stereocenters. The van der Waals surface area contributed by atoms with Crippen LogP contribution in [-0.4, -0.2) is 15.3 Å². The van der Waals surface area contributed by atoms with Gasteiger partial charge in [0.2, 0.25) is 0 Å². The molecule has 6 nitrogen and oxygen atoms in total. The maximum absolute atomic E-state index is 12.5.